The Bertz CT molecular complexity index is 1170. The molecule has 1 unspecified atom stereocenters. The van der Waals surface area contributed by atoms with Gasteiger partial charge in [-0.2, -0.15) is 13.2 Å². The molecule has 0 radical (unpaired) electrons. The zero-order valence-corrected chi connectivity index (χ0v) is 19.0. The SMILES string of the molecule is CC/C(C)=C\c1ccc2c(c1)C(S(=O)(=O)c1cccc(C(F)(F)F)c1)C[C@H](CCC(=O)O)O2. The molecule has 1 N–H and O–H groups in total. The second-order valence-corrected chi connectivity index (χ2v) is 10.2. The zero-order chi connectivity index (χ0) is 24.4. The number of sulfone groups is 1. The van der Waals surface area contributed by atoms with Gasteiger partial charge in [0.25, 0.3) is 0 Å². The van der Waals surface area contributed by atoms with Crippen molar-refractivity contribution in [2.75, 3.05) is 0 Å². The van der Waals surface area contributed by atoms with Crippen molar-refractivity contribution < 1.29 is 36.2 Å². The van der Waals surface area contributed by atoms with Gasteiger partial charge in [-0.25, -0.2) is 8.42 Å². The van der Waals surface area contributed by atoms with Crippen molar-refractivity contribution in [1.82, 2.24) is 0 Å². The van der Waals surface area contributed by atoms with Gasteiger partial charge >= 0.3 is 12.1 Å². The van der Waals surface area contributed by atoms with E-state index in [2.05, 4.69) is 0 Å². The molecule has 9 heteroatoms. The van der Waals surface area contributed by atoms with Crippen LogP contribution in [0.15, 0.2) is 52.9 Å². The van der Waals surface area contributed by atoms with E-state index in [1.165, 1.54) is 0 Å². The number of halogens is 3. The summed E-state index contributed by atoms with van der Waals surface area (Å²) in [7, 11) is -4.23. The normalized spacial score (nSPS) is 19.0. The Hall–Kier alpha value is -2.81. The third kappa shape index (κ3) is 5.76. The van der Waals surface area contributed by atoms with Gasteiger partial charge < -0.3 is 9.84 Å². The lowest BCUT2D eigenvalue weighted by Gasteiger charge is -2.32. The highest BCUT2D eigenvalue weighted by atomic mass is 32.2. The minimum atomic E-state index is -4.68. The van der Waals surface area contributed by atoms with Gasteiger partial charge in [-0.1, -0.05) is 30.7 Å². The predicted molar refractivity (Wildman–Crippen MR) is 118 cm³/mol. The number of ether oxygens (including phenoxy) is 1. The maximum atomic E-state index is 13.5. The summed E-state index contributed by atoms with van der Waals surface area (Å²) in [6, 6.07) is 8.76. The summed E-state index contributed by atoms with van der Waals surface area (Å²) >= 11 is 0. The lowest BCUT2D eigenvalue weighted by atomic mass is 9.96. The second-order valence-electron chi connectivity index (χ2n) is 8.11. The standard InChI is InChI=1S/C24H25F3O5S/c1-3-15(2)11-16-7-9-21-20(12-16)22(14-18(32-21)8-10-23(28)29)33(30,31)19-6-4-5-17(13-19)24(25,26)27/h4-7,9,11-13,18,22H,3,8,10,14H2,1-2H3,(H,28,29)/b15-11-/t18-,22?/m0/s1. The molecule has 5 nitrogen and oxygen atoms in total. The number of fused-ring (bicyclic) bond motifs is 1. The lowest BCUT2D eigenvalue weighted by molar-refractivity contribution is -0.138. The van der Waals surface area contributed by atoms with Crippen LogP contribution >= 0.6 is 0 Å². The van der Waals surface area contributed by atoms with Crippen LogP contribution in [0.4, 0.5) is 13.2 Å². The van der Waals surface area contributed by atoms with Crippen LogP contribution in [0.25, 0.3) is 6.08 Å². The number of carbonyl (C=O) groups is 1. The maximum absolute atomic E-state index is 13.5. The summed E-state index contributed by atoms with van der Waals surface area (Å²) in [5.41, 5.74) is 1.14. The Kier molecular flexibility index (Phi) is 7.21. The van der Waals surface area contributed by atoms with Crippen molar-refractivity contribution in [3.8, 4) is 5.75 Å². The molecule has 0 bridgehead atoms. The Morgan fingerprint density at radius 2 is 1.94 bits per heavy atom. The Morgan fingerprint density at radius 3 is 2.58 bits per heavy atom. The molecule has 1 heterocycles. The highest BCUT2D eigenvalue weighted by molar-refractivity contribution is 7.91. The minimum absolute atomic E-state index is 0.0568. The molecule has 0 aromatic heterocycles. The molecule has 0 saturated carbocycles. The second kappa shape index (κ2) is 9.59. The van der Waals surface area contributed by atoms with Gasteiger partial charge in [0.05, 0.1) is 15.7 Å². The molecule has 1 aliphatic rings. The molecule has 0 fully saturated rings. The molecule has 0 spiro atoms. The van der Waals surface area contributed by atoms with Crippen LogP contribution in [0.1, 0.15) is 61.5 Å². The molecular weight excluding hydrogens is 457 g/mol. The van der Waals surface area contributed by atoms with Crippen LogP contribution in [0.2, 0.25) is 0 Å². The number of carboxylic acids is 1. The first-order valence-electron chi connectivity index (χ1n) is 10.5. The largest absolute Gasteiger partial charge is 0.490 e. The molecule has 3 rings (SSSR count). The fraction of sp³-hybridized carbons (Fsp3) is 0.375. The third-order valence-corrected chi connectivity index (χ3v) is 7.77. The first kappa shape index (κ1) is 24.8. The van der Waals surface area contributed by atoms with E-state index >= 15 is 0 Å². The van der Waals surface area contributed by atoms with Crippen LogP contribution in [0.5, 0.6) is 5.75 Å². The highest BCUT2D eigenvalue weighted by Crippen LogP contribution is 2.44. The molecule has 2 aromatic rings. The summed E-state index contributed by atoms with van der Waals surface area (Å²) in [6.45, 7) is 3.93. The maximum Gasteiger partial charge on any atom is 0.416 e. The van der Waals surface area contributed by atoms with Gasteiger partial charge in [0, 0.05) is 18.4 Å². The van der Waals surface area contributed by atoms with E-state index < -0.39 is 43.8 Å². The number of carboxylic acid groups (broad SMARTS) is 1. The first-order valence-corrected chi connectivity index (χ1v) is 12.1. The lowest BCUT2D eigenvalue weighted by Crippen LogP contribution is -2.30. The number of hydrogen-bond donors (Lipinski definition) is 1. The predicted octanol–water partition coefficient (Wildman–Crippen LogP) is 6.05. The van der Waals surface area contributed by atoms with Gasteiger partial charge in [0.15, 0.2) is 9.84 Å². The number of hydrogen-bond acceptors (Lipinski definition) is 4. The van der Waals surface area contributed by atoms with Gasteiger partial charge in [-0.05, 0) is 55.7 Å². The Balaban J connectivity index is 2.09. The Labute approximate surface area is 190 Å². The van der Waals surface area contributed by atoms with Crippen LogP contribution in [0, 0.1) is 0 Å². The Morgan fingerprint density at radius 1 is 1.21 bits per heavy atom. The fourth-order valence-corrected chi connectivity index (χ4v) is 5.64. The van der Waals surface area contributed by atoms with Gasteiger partial charge in [0.1, 0.15) is 11.9 Å². The molecular formula is C24H25F3O5S. The third-order valence-electron chi connectivity index (χ3n) is 5.67. The summed E-state index contributed by atoms with van der Waals surface area (Å²) in [4.78, 5) is 10.6. The van der Waals surface area contributed by atoms with E-state index in [9.17, 15) is 26.4 Å². The van der Waals surface area contributed by atoms with Crippen LogP contribution < -0.4 is 4.74 Å². The zero-order valence-electron chi connectivity index (χ0n) is 18.2. The van der Waals surface area contributed by atoms with Crippen LogP contribution in [-0.2, 0) is 20.8 Å². The molecule has 33 heavy (non-hydrogen) atoms. The van der Waals surface area contributed by atoms with Crippen LogP contribution in [0.3, 0.4) is 0 Å². The van der Waals surface area contributed by atoms with E-state index in [1.807, 2.05) is 19.9 Å². The summed E-state index contributed by atoms with van der Waals surface area (Å²) in [5.74, 6) is -0.749. The molecule has 0 aliphatic carbocycles. The van der Waals surface area contributed by atoms with Crippen molar-refractivity contribution in [3.05, 3.63) is 64.7 Å². The fourth-order valence-electron chi connectivity index (χ4n) is 3.76. The monoisotopic (exact) mass is 482 g/mol. The number of allylic oxidation sites excluding steroid dienone is 1. The van der Waals surface area contributed by atoms with E-state index in [0.717, 1.165) is 35.8 Å². The molecule has 2 atom stereocenters. The number of benzene rings is 2. The summed E-state index contributed by atoms with van der Waals surface area (Å²) in [5, 5.41) is 7.84. The molecule has 0 saturated heterocycles. The quantitative estimate of drug-likeness (QED) is 0.520. The average molecular weight is 483 g/mol. The van der Waals surface area contributed by atoms with Crippen molar-refractivity contribution in [2.24, 2.45) is 0 Å². The topological polar surface area (TPSA) is 80.7 Å². The highest BCUT2D eigenvalue weighted by Gasteiger charge is 2.39. The van der Waals surface area contributed by atoms with E-state index in [1.54, 1.807) is 18.2 Å². The molecule has 2 aromatic carbocycles. The van der Waals surface area contributed by atoms with E-state index in [0.29, 0.717) is 17.4 Å². The summed E-state index contributed by atoms with van der Waals surface area (Å²) < 4.78 is 72.6. The van der Waals surface area contributed by atoms with E-state index in [-0.39, 0.29) is 19.3 Å². The molecule has 178 valence electrons. The van der Waals surface area contributed by atoms with Crippen molar-refractivity contribution >= 4 is 21.9 Å². The van der Waals surface area contributed by atoms with Crippen molar-refractivity contribution in [1.29, 1.82) is 0 Å². The van der Waals surface area contributed by atoms with E-state index in [4.69, 9.17) is 9.84 Å². The first-order chi connectivity index (χ1) is 15.4. The van der Waals surface area contributed by atoms with Gasteiger partial charge in [-0.3, -0.25) is 4.79 Å². The van der Waals surface area contributed by atoms with Crippen molar-refractivity contribution in [3.63, 3.8) is 0 Å². The van der Waals surface area contributed by atoms with Gasteiger partial charge in [0.2, 0.25) is 0 Å². The minimum Gasteiger partial charge on any atom is -0.490 e. The van der Waals surface area contributed by atoms with Crippen molar-refractivity contribution in [2.45, 2.75) is 62.0 Å². The average Bonchev–Trinajstić information content (AvgIpc) is 2.76. The summed E-state index contributed by atoms with van der Waals surface area (Å²) in [6.07, 6.45) is -2.86. The smallest absolute Gasteiger partial charge is 0.416 e. The molecule has 1 aliphatic heterocycles. The number of alkyl halides is 3. The van der Waals surface area contributed by atoms with Gasteiger partial charge in [-0.15, -0.1) is 0 Å². The number of rotatable bonds is 7. The molecule has 0 amide bonds. The number of aliphatic carboxylic acids is 1. The van der Waals surface area contributed by atoms with Crippen LogP contribution in [-0.4, -0.2) is 25.6 Å².